The average Bonchev–Trinajstić information content (AvgIpc) is 2.90. The van der Waals surface area contributed by atoms with Crippen molar-refractivity contribution in [2.24, 2.45) is 0 Å². The van der Waals surface area contributed by atoms with Crippen molar-refractivity contribution >= 4 is 27.1 Å². The predicted molar refractivity (Wildman–Crippen MR) is 89.5 cm³/mol. The van der Waals surface area contributed by atoms with E-state index in [0.717, 1.165) is 10.2 Å². The van der Waals surface area contributed by atoms with Gasteiger partial charge in [-0.05, 0) is 24.1 Å². The van der Waals surface area contributed by atoms with Gasteiger partial charge in [-0.2, -0.15) is 5.10 Å². The topological polar surface area (TPSA) is 81.1 Å². The summed E-state index contributed by atoms with van der Waals surface area (Å²) < 4.78 is 37.1. The summed E-state index contributed by atoms with van der Waals surface area (Å²) >= 11 is 6.09. The number of hydrogen-bond donors (Lipinski definition) is 1. The molecule has 0 radical (unpaired) electrons. The van der Waals surface area contributed by atoms with Crippen molar-refractivity contribution in [3.63, 3.8) is 0 Å². The number of rotatable bonds is 4. The zero-order valence-electron chi connectivity index (χ0n) is 12.6. The Hall–Kier alpha value is -1.93. The Labute approximate surface area is 143 Å². The summed E-state index contributed by atoms with van der Waals surface area (Å²) in [4.78, 5) is 12.3. The van der Waals surface area contributed by atoms with Gasteiger partial charge in [0.2, 0.25) is 0 Å². The second-order valence-electron chi connectivity index (χ2n) is 5.66. The molecule has 128 valence electrons. The highest BCUT2D eigenvalue weighted by Crippen LogP contribution is 2.23. The van der Waals surface area contributed by atoms with Gasteiger partial charge in [0, 0.05) is 6.54 Å². The van der Waals surface area contributed by atoms with Gasteiger partial charge in [-0.25, -0.2) is 17.5 Å². The van der Waals surface area contributed by atoms with Crippen molar-refractivity contribution < 1.29 is 12.8 Å². The molecule has 2 aromatic rings. The van der Waals surface area contributed by atoms with E-state index < -0.39 is 21.4 Å². The van der Waals surface area contributed by atoms with Gasteiger partial charge in [-0.15, -0.1) is 0 Å². The summed E-state index contributed by atoms with van der Waals surface area (Å²) in [5.74, 6) is -0.375. The first kappa shape index (κ1) is 16.9. The fraction of sp³-hybridized carbons (Fsp3) is 0.333. The second-order valence-corrected chi connectivity index (χ2v) is 8.27. The van der Waals surface area contributed by atoms with E-state index in [4.69, 9.17) is 11.6 Å². The fourth-order valence-corrected chi connectivity index (χ4v) is 4.49. The van der Waals surface area contributed by atoms with Gasteiger partial charge in [0.05, 0.1) is 29.4 Å². The van der Waals surface area contributed by atoms with Crippen LogP contribution in [0.4, 0.5) is 10.1 Å². The third-order valence-electron chi connectivity index (χ3n) is 3.89. The Balaban J connectivity index is 1.78. The molecule has 1 N–H and O–H groups in total. The Morgan fingerprint density at radius 1 is 1.33 bits per heavy atom. The van der Waals surface area contributed by atoms with E-state index in [-0.39, 0.29) is 22.3 Å². The van der Waals surface area contributed by atoms with Crippen LogP contribution < -0.4 is 10.9 Å². The zero-order chi connectivity index (χ0) is 17.3. The SMILES string of the molecule is O=c1c(Cl)c(NCc2ccc(F)cc2)cnn1[C@@H]1CCS(=O)(=O)C1. The lowest BCUT2D eigenvalue weighted by molar-refractivity contribution is 0.474. The molecule has 0 amide bonds. The molecule has 1 fully saturated rings. The van der Waals surface area contributed by atoms with Crippen molar-refractivity contribution in [1.82, 2.24) is 9.78 Å². The molecular formula is C15H15ClFN3O3S. The highest BCUT2D eigenvalue weighted by atomic mass is 35.5. The van der Waals surface area contributed by atoms with E-state index in [1.807, 2.05) is 0 Å². The molecule has 0 aliphatic carbocycles. The molecule has 3 rings (SSSR count). The minimum absolute atomic E-state index is 0.0450. The first-order chi connectivity index (χ1) is 11.4. The Morgan fingerprint density at radius 2 is 2.04 bits per heavy atom. The monoisotopic (exact) mass is 371 g/mol. The summed E-state index contributed by atoms with van der Waals surface area (Å²) in [5.41, 5.74) is 0.643. The summed E-state index contributed by atoms with van der Waals surface area (Å²) in [7, 11) is -3.12. The van der Waals surface area contributed by atoms with Gasteiger partial charge in [-0.1, -0.05) is 23.7 Å². The Kier molecular flexibility index (Phi) is 4.60. The molecule has 1 aliphatic heterocycles. The number of hydrogen-bond acceptors (Lipinski definition) is 5. The maximum atomic E-state index is 12.9. The van der Waals surface area contributed by atoms with Crippen molar-refractivity contribution in [2.75, 3.05) is 16.8 Å². The van der Waals surface area contributed by atoms with E-state index in [9.17, 15) is 17.6 Å². The molecule has 2 heterocycles. The van der Waals surface area contributed by atoms with Crippen LogP contribution in [0.1, 0.15) is 18.0 Å². The fourth-order valence-electron chi connectivity index (χ4n) is 2.60. The van der Waals surface area contributed by atoms with Gasteiger partial charge in [0.15, 0.2) is 9.84 Å². The Morgan fingerprint density at radius 3 is 2.67 bits per heavy atom. The normalized spacial score (nSPS) is 19.3. The lowest BCUT2D eigenvalue weighted by Gasteiger charge is -2.13. The first-order valence-electron chi connectivity index (χ1n) is 7.32. The zero-order valence-corrected chi connectivity index (χ0v) is 14.1. The van der Waals surface area contributed by atoms with Gasteiger partial charge in [0.1, 0.15) is 10.8 Å². The average molecular weight is 372 g/mol. The van der Waals surface area contributed by atoms with Crippen LogP contribution in [0.3, 0.4) is 0 Å². The molecule has 9 heteroatoms. The van der Waals surface area contributed by atoms with Gasteiger partial charge in [-0.3, -0.25) is 4.79 Å². The number of nitrogens with zero attached hydrogens (tertiary/aromatic N) is 2. The van der Waals surface area contributed by atoms with Crippen molar-refractivity contribution in [3.8, 4) is 0 Å². The molecule has 0 bridgehead atoms. The first-order valence-corrected chi connectivity index (χ1v) is 9.52. The maximum absolute atomic E-state index is 12.9. The van der Waals surface area contributed by atoms with Crippen LogP contribution in [-0.2, 0) is 16.4 Å². The second kappa shape index (κ2) is 6.52. The Bertz CT molecular complexity index is 913. The van der Waals surface area contributed by atoms with Crippen LogP contribution in [0.15, 0.2) is 35.3 Å². The number of benzene rings is 1. The standard InChI is InChI=1S/C15H15ClFN3O3S/c16-14-13(18-7-10-1-3-11(17)4-2-10)8-19-20(15(14)21)12-5-6-24(22,23)9-12/h1-4,8,12,18H,5-7,9H2/t12-/m1/s1. The highest BCUT2D eigenvalue weighted by Gasteiger charge is 2.31. The molecule has 1 atom stereocenters. The van der Waals surface area contributed by atoms with E-state index in [1.54, 1.807) is 12.1 Å². The highest BCUT2D eigenvalue weighted by molar-refractivity contribution is 7.91. The number of sulfone groups is 1. The van der Waals surface area contributed by atoms with Crippen LogP contribution in [-0.4, -0.2) is 29.7 Å². The smallest absolute Gasteiger partial charge is 0.287 e. The lowest BCUT2D eigenvalue weighted by Crippen LogP contribution is -2.29. The molecule has 0 saturated carbocycles. The van der Waals surface area contributed by atoms with Crippen molar-refractivity contribution in [1.29, 1.82) is 0 Å². The number of halogens is 2. The molecule has 1 aromatic carbocycles. The van der Waals surface area contributed by atoms with E-state index >= 15 is 0 Å². The van der Waals surface area contributed by atoms with E-state index in [2.05, 4.69) is 10.4 Å². The van der Waals surface area contributed by atoms with Crippen molar-refractivity contribution in [2.45, 2.75) is 19.0 Å². The van der Waals surface area contributed by atoms with Gasteiger partial charge < -0.3 is 5.32 Å². The van der Waals surface area contributed by atoms with E-state index in [0.29, 0.717) is 18.7 Å². The number of anilines is 1. The summed E-state index contributed by atoms with van der Waals surface area (Å²) in [6.45, 7) is 0.350. The third kappa shape index (κ3) is 3.59. The lowest BCUT2D eigenvalue weighted by atomic mass is 10.2. The molecule has 0 spiro atoms. The quantitative estimate of drug-likeness (QED) is 0.889. The molecule has 1 aromatic heterocycles. The largest absolute Gasteiger partial charge is 0.378 e. The third-order valence-corrected chi connectivity index (χ3v) is 6.01. The van der Waals surface area contributed by atoms with Crippen LogP contribution in [0, 0.1) is 5.82 Å². The number of aromatic nitrogens is 2. The molecule has 24 heavy (non-hydrogen) atoms. The minimum Gasteiger partial charge on any atom is -0.378 e. The van der Waals surface area contributed by atoms with Crippen LogP contribution in [0.2, 0.25) is 5.02 Å². The predicted octanol–water partition coefficient (Wildman–Crippen LogP) is 2.01. The van der Waals surface area contributed by atoms with Crippen LogP contribution >= 0.6 is 11.6 Å². The van der Waals surface area contributed by atoms with E-state index in [1.165, 1.54) is 18.3 Å². The molecule has 0 unspecified atom stereocenters. The maximum Gasteiger partial charge on any atom is 0.287 e. The molecule has 6 nitrogen and oxygen atoms in total. The number of nitrogens with one attached hydrogen (secondary N) is 1. The minimum atomic E-state index is -3.12. The van der Waals surface area contributed by atoms with Gasteiger partial charge >= 0.3 is 0 Å². The summed E-state index contributed by atoms with van der Waals surface area (Å²) in [6.07, 6.45) is 1.76. The molecule has 1 saturated heterocycles. The van der Waals surface area contributed by atoms with Crippen molar-refractivity contribution in [3.05, 3.63) is 57.2 Å². The van der Waals surface area contributed by atoms with Gasteiger partial charge in [0.25, 0.3) is 5.56 Å². The summed E-state index contributed by atoms with van der Waals surface area (Å²) in [6, 6.07) is 5.44. The van der Waals surface area contributed by atoms with Crippen LogP contribution in [0.25, 0.3) is 0 Å². The molecular weight excluding hydrogens is 357 g/mol. The van der Waals surface area contributed by atoms with Crippen LogP contribution in [0.5, 0.6) is 0 Å². The molecule has 1 aliphatic rings. The summed E-state index contributed by atoms with van der Waals surface area (Å²) in [5, 5.41) is 6.98.